The van der Waals surface area contributed by atoms with E-state index >= 15 is 0 Å². The number of carbonyl (C=O) groups excluding carboxylic acids is 1. The van der Waals surface area contributed by atoms with Crippen molar-refractivity contribution in [1.82, 2.24) is 20.3 Å². The van der Waals surface area contributed by atoms with Crippen molar-refractivity contribution < 1.29 is 18.0 Å². The predicted molar refractivity (Wildman–Crippen MR) is 51.6 cm³/mol. The fourth-order valence-corrected chi connectivity index (χ4v) is 1.03. The van der Waals surface area contributed by atoms with Crippen LogP contribution in [0.5, 0.6) is 0 Å². The number of rotatable bonds is 5. The maximum absolute atomic E-state index is 11.9. The summed E-state index contributed by atoms with van der Waals surface area (Å²) in [6.07, 6.45) is -3.84. The first-order valence-electron chi connectivity index (χ1n) is 4.83. The van der Waals surface area contributed by atoms with Gasteiger partial charge in [-0.05, 0) is 0 Å². The van der Waals surface area contributed by atoms with Crippen LogP contribution in [0.3, 0.4) is 0 Å². The van der Waals surface area contributed by atoms with Crippen molar-refractivity contribution in [3.63, 3.8) is 0 Å². The predicted octanol–water partition coefficient (Wildman–Crippen LogP) is -0.195. The molecular formula is C8H12F3N5O. The molecule has 1 amide bonds. The van der Waals surface area contributed by atoms with Gasteiger partial charge in [0, 0.05) is 0 Å². The Bertz CT molecular complexity index is 375. The fourth-order valence-electron chi connectivity index (χ4n) is 1.03. The maximum atomic E-state index is 11.9. The zero-order valence-corrected chi connectivity index (χ0v) is 8.87. The summed E-state index contributed by atoms with van der Waals surface area (Å²) in [4.78, 5) is 10.8. The Kier molecular flexibility index (Phi) is 4.44. The van der Waals surface area contributed by atoms with Crippen molar-refractivity contribution in [2.45, 2.75) is 25.7 Å². The van der Waals surface area contributed by atoms with Crippen LogP contribution in [0.2, 0.25) is 0 Å². The molecule has 6 nitrogen and oxygen atoms in total. The molecule has 0 aromatic carbocycles. The van der Waals surface area contributed by atoms with Crippen molar-refractivity contribution in [2.24, 2.45) is 5.73 Å². The average Bonchev–Trinajstić information content (AvgIpc) is 2.70. The van der Waals surface area contributed by atoms with E-state index in [0.29, 0.717) is 5.69 Å². The highest BCUT2D eigenvalue weighted by molar-refractivity contribution is 5.77. The third-order valence-corrected chi connectivity index (χ3v) is 1.86. The first-order valence-corrected chi connectivity index (χ1v) is 4.83. The van der Waals surface area contributed by atoms with Gasteiger partial charge in [-0.3, -0.25) is 9.48 Å². The van der Waals surface area contributed by atoms with Gasteiger partial charge in [0.25, 0.3) is 0 Å². The summed E-state index contributed by atoms with van der Waals surface area (Å²) < 4.78 is 36.8. The monoisotopic (exact) mass is 251 g/mol. The van der Waals surface area contributed by atoms with Gasteiger partial charge in [0.05, 0.1) is 32.3 Å². The molecule has 1 rings (SSSR count). The largest absolute Gasteiger partial charge is 0.390 e. The van der Waals surface area contributed by atoms with Gasteiger partial charge in [-0.2, -0.15) is 13.2 Å². The van der Waals surface area contributed by atoms with E-state index in [0.717, 1.165) is 4.68 Å². The number of carbonyl (C=O) groups is 1. The van der Waals surface area contributed by atoms with Crippen LogP contribution in [0, 0.1) is 0 Å². The lowest BCUT2D eigenvalue weighted by Crippen LogP contribution is -2.29. The van der Waals surface area contributed by atoms with Gasteiger partial charge in [0.1, 0.15) is 5.69 Å². The van der Waals surface area contributed by atoms with E-state index in [1.807, 2.05) is 0 Å². The van der Waals surface area contributed by atoms with Crippen LogP contribution in [0.25, 0.3) is 0 Å². The Balaban J connectivity index is 2.40. The number of nitrogens with one attached hydrogen (secondary N) is 1. The first-order chi connectivity index (χ1) is 7.90. The Hall–Kier alpha value is -1.64. The van der Waals surface area contributed by atoms with E-state index < -0.39 is 12.6 Å². The summed E-state index contributed by atoms with van der Waals surface area (Å²) in [5.41, 5.74) is 5.44. The molecule has 0 saturated carbocycles. The smallest absolute Gasteiger partial charge is 0.349 e. The minimum absolute atomic E-state index is 0.0993. The Morgan fingerprint density at radius 2 is 2.24 bits per heavy atom. The van der Waals surface area contributed by atoms with Gasteiger partial charge in [-0.25, -0.2) is 0 Å². The third kappa shape index (κ3) is 5.29. The molecule has 0 atom stereocenters. The number of alkyl halides is 3. The number of aryl methyl sites for hydroxylation is 1. The van der Waals surface area contributed by atoms with Gasteiger partial charge in [-0.1, -0.05) is 5.21 Å². The number of aromatic nitrogens is 3. The van der Waals surface area contributed by atoms with Crippen LogP contribution in [-0.2, 0) is 17.9 Å². The van der Waals surface area contributed by atoms with Gasteiger partial charge >= 0.3 is 6.18 Å². The molecule has 0 aliphatic carbocycles. The quantitative estimate of drug-likeness (QED) is 0.759. The van der Waals surface area contributed by atoms with Crippen LogP contribution in [0.4, 0.5) is 13.2 Å². The van der Waals surface area contributed by atoms with E-state index in [4.69, 9.17) is 5.73 Å². The van der Waals surface area contributed by atoms with Crippen LogP contribution >= 0.6 is 0 Å². The average molecular weight is 251 g/mol. The maximum Gasteiger partial charge on any atom is 0.390 e. The van der Waals surface area contributed by atoms with Gasteiger partial charge < -0.3 is 11.1 Å². The molecule has 0 radical (unpaired) electrons. The van der Waals surface area contributed by atoms with Gasteiger partial charge in [0.2, 0.25) is 5.91 Å². The number of halogens is 3. The molecule has 1 aromatic heterocycles. The van der Waals surface area contributed by atoms with Crippen molar-refractivity contribution >= 4 is 5.91 Å². The summed E-state index contributed by atoms with van der Waals surface area (Å²) in [7, 11) is 0. The summed E-state index contributed by atoms with van der Waals surface area (Å²) in [6, 6.07) is 0. The second-order valence-electron chi connectivity index (χ2n) is 3.32. The van der Waals surface area contributed by atoms with E-state index in [1.54, 1.807) is 0 Å². The molecule has 3 N–H and O–H groups in total. The zero-order chi connectivity index (χ0) is 12.9. The van der Waals surface area contributed by atoms with Crippen molar-refractivity contribution in [1.29, 1.82) is 0 Å². The lowest BCUT2D eigenvalue weighted by atomic mass is 10.4. The van der Waals surface area contributed by atoms with Crippen molar-refractivity contribution in [2.75, 3.05) is 6.54 Å². The SMILES string of the molecule is NCC(=O)NCc1cn(CCC(F)(F)F)nn1. The molecule has 9 heteroatoms. The molecule has 0 aliphatic heterocycles. The normalized spacial score (nSPS) is 11.5. The molecule has 0 fully saturated rings. The van der Waals surface area contributed by atoms with Crippen LogP contribution in [0.15, 0.2) is 6.20 Å². The lowest BCUT2D eigenvalue weighted by Gasteiger charge is -2.04. The molecule has 1 heterocycles. The van der Waals surface area contributed by atoms with Gasteiger partial charge in [0.15, 0.2) is 0 Å². The minimum atomic E-state index is -4.22. The zero-order valence-electron chi connectivity index (χ0n) is 8.87. The highest BCUT2D eigenvalue weighted by atomic mass is 19.4. The summed E-state index contributed by atoms with van der Waals surface area (Å²) >= 11 is 0. The number of hydrogen-bond donors (Lipinski definition) is 2. The van der Waals surface area contributed by atoms with Crippen LogP contribution in [-0.4, -0.2) is 33.6 Å². The lowest BCUT2D eigenvalue weighted by molar-refractivity contribution is -0.137. The van der Waals surface area contributed by atoms with Crippen molar-refractivity contribution in [3.05, 3.63) is 11.9 Å². The minimum Gasteiger partial charge on any atom is -0.349 e. The highest BCUT2D eigenvalue weighted by Crippen LogP contribution is 2.19. The molecule has 0 aliphatic rings. The number of nitrogens with zero attached hydrogens (tertiary/aromatic N) is 3. The third-order valence-electron chi connectivity index (χ3n) is 1.86. The Labute approximate surface area is 95.0 Å². The molecule has 0 saturated heterocycles. The fraction of sp³-hybridized carbons (Fsp3) is 0.625. The van der Waals surface area contributed by atoms with E-state index in [2.05, 4.69) is 15.6 Å². The number of hydrogen-bond acceptors (Lipinski definition) is 4. The second kappa shape index (κ2) is 5.62. The topological polar surface area (TPSA) is 85.8 Å². The van der Waals surface area contributed by atoms with E-state index in [9.17, 15) is 18.0 Å². The molecule has 17 heavy (non-hydrogen) atoms. The van der Waals surface area contributed by atoms with Crippen LogP contribution < -0.4 is 11.1 Å². The number of nitrogens with two attached hydrogens (primary N) is 1. The van der Waals surface area contributed by atoms with Gasteiger partial charge in [-0.15, -0.1) is 5.10 Å². The van der Waals surface area contributed by atoms with E-state index in [1.165, 1.54) is 6.20 Å². The Morgan fingerprint density at radius 1 is 1.53 bits per heavy atom. The standard InChI is InChI=1S/C8H12F3N5O/c9-8(10,11)1-2-16-5-6(14-15-16)4-13-7(17)3-12/h5H,1-4,12H2,(H,13,17). The molecule has 1 aromatic rings. The van der Waals surface area contributed by atoms with Crippen molar-refractivity contribution in [3.8, 4) is 0 Å². The number of amides is 1. The van der Waals surface area contributed by atoms with E-state index in [-0.39, 0.29) is 25.5 Å². The van der Waals surface area contributed by atoms with Crippen LogP contribution in [0.1, 0.15) is 12.1 Å². The molecule has 0 bridgehead atoms. The molecular weight excluding hydrogens is 239 g/mol. The summed E-state index contributed by atoms with van der Waals surface area (Å²) in [6.45, 7) is -0.342. The summed E-state index contributed by atoms with van der Waals surface area (Å²) in [5, 5.41) is 9.55. The second-order valence-corrected chi connectivity index (χ2v) is 3.32. The molecule has 0 spiro atoms. The Morgan fingerprint density at radius 3 is 2.82 bits per heavy atom. The highest BCUT2D eigenvalue weighted by Gasteiger charge is 2.26. The summed E-state index contributed by atoms with van der Waals surface area (Å²) in [5.74, 6) is -0.366. The molecule has 96 valence electrons. The molecule has 0 unspecified atom stereocenters. The first kappa shape index (κ1) is 13.4.